The number of hydrogen-bond donors (Lipinski definition) is 3. The topological polar surface area (TPSA) is 79.4 Å². The molecule has 0 amide bonds. The SMILES string of the molecule is Cc1ccc(OC(C)NCC(O)COc2cccc3[nH]ncc23)cc1. The zero-order chi connectivity index (χ0) is 17.6. The van der Waals surface area contributed by atoms with E-state index < -0.39 is 6.10 Å². The van der Waals surface area contributed by atoms with E-state index in [1.807, 2.05) is 56.3 Å². The average molecular weight is 341 g/mol. The third-order valence-electron chi connectivity index (χ3n) is 3.85. The number of ether oxygens (including phenoxy) is 2. The maximum absolute atomic E-state index is 10.1. The Bertz CT molecular complexity index is 801. The Balaban J connectivity index is 1.44. The van der Waals surface area contributed by atoms with Crippen LogP contribution >= 0.6 is 0 Å². The number of fused-ring (bicyclic) bond motifs is 1. The van der Waals surface area contributed by atoms with Crippen molar-refractivity contribution in [3.63, 3.8) is 0 Å². The summed E-state index contributed by atoms with van der Waals surface area (Å²) in [6.45, 7) is 4.49. The van der Waals surface area contributed by atoms with Gasteiger partial charge in [0.05, 0.1) is 17.1 Å². The molecule has 6 nitrogen and oxygen atoms in total. The van der Waals surface area contributed by atoms with Crippen LogP contribution in [-0.4, -0.2) is 40.8 Å². The number of aromatic nitrogens is 2. The molecule has 0 aliphatic rings. The lowest BCUT2D eigenvalue weighted by molar-refractivity contribution is 0.0873. The molecule has 25 heavy (non-hydrogen) atoms. The van der Waals surface area contributed by atoms with Crippen LogP contribution in [0.1, 0.15) is 12.5 Å². The van der Waals surface area contributed by atoms with E-state index in [0.29, 0.717) is 12.3 Å². The summed E-state index contributed by atoms with van der Waals surface area (Å²) in [5.74, 6) is 1.50. The lowest BCUT2D eigenvalue weighted by atomic mass is 10.2. The van der Waals surface area contributed by atoms with Crippen molar-refractivity contribution in [2.75, 3.05) is 13.2 Å². The van der Waals surface area contributed by atoms with Crippen LogP contribution < -0.4 is 14.8 Å². The minimum absolute atomic E-state index is 0.189. The maximum Gasteiger partial charge on any atom is 0.147 e. The molecule has 0 fully saturated rings. The minimum atomic E-state index is -0.647. The highest BCUT2D eigenvalue weighted by Crippen LogP contribution is 2.23. The van der Waals surface area contributed by atoms with E-state index in [2.05, 4.69) is 15.5 Å². The van der Waals surface area contributed by atoms with Crippen LogP contribution in [-0.2, 0) is 0 Å². The summed E-state index contributed by atoms with van der Waals surface area (Å²) in [5, 5.41) is 21.1. The van der Waals surface area contributed by atoms with Gasteiger partial charge in [0.1, 0.15) is 30.4 Å². The normalized spacial score (nSPS) is 13.6. The minimum Gasteiger partial charge on any atom is -0.490 e. The summed E-state index contributed by atoms with van der Waals surface area (Å²) in [4.78, 5) is 0. The number of nitrogens with zero attached hydrogens (tertiary/aromatic N) is 1. The largest absolute Gasteiger partial charge is 0.490 e. The summed E-state index contributed by atoms with van der Waals surface area (Å²) in [6.07, 6.45) is 0.855. The number of aryl methyl sites for hydroxylation is 1. The van der Waals surface area contributed by atoms with E-state index in [1.165, 1.54) is 5.56 Å². The van der Waals surface area contributed by atoms with E-state index in [4.69, 9.17) is 9.47 Å². The van der Waals surface area contributed by atoms with E-state index >= 15 is 0 Å². The standard InChI is InChI=1S/C19H23N3O3/c1-13-6-8-16(9-7-13)25-14(2)20-10-15(23)12-24-19-5-3-4-18-17(19)11-21-22-18/h3-9,11,14-15,20,23H,10,12H2,1-2H3,(H,21,22). The molecule has 132 valence electrons. The summed E-state index contributed by atoms with van der Waals surface area (Å²) in [6, 6.07) is 13.5. The van der Waals surface area contributed by atoms with Gasteiger partial charge in [0.2, 0.25) is 0 Å². The molecule has 6 heteroatoms. The first-order chi connectivity index (χ1) is 12.1. The summed E-state index contributed by atoms with van der Waals surface area (Å²) < 4.78 is 11.5. The van der Waals surface area contributed by atoms with Crippen LogP contribution in [0.15, 0.2) is 48.7 Å². The molecule has 0 spiro atoms. The van der Waals surface area contributed by atoms with E-state index in [9.17, 15) is 5.11 Å². The van der Waals surface area contributed by atoms with Gasteiger partial charge in [-0.1, -0.05) is 23.8 Å². The smallest absolute Gasteiger partial charge is 0.147 e. The van der Waals surface area contributed by atoms with Gasteiger partial charge in [0, 0.05) is 6.54 Å². The molecule has 0 aliphatic carbocycles. The van der Waals surface area contributed by atoms with Crippen molar-refractivity contribution in [3.8, 4) is 11.5 Å². The zero-order valence-electron chi connectivity index (χ0n) is 14.4. The molecule has 0 bridgehead atoms. The van der Waals surface area contributed by atoms with Gasteiger partial charge in [-0.15, -0.1) is 0 Å². The molecule has 0 saturated heterocycles. The van der Waals surface area contributed by atoms with E-state index in [1.54, 1.807) is 6.20 Å². The monoisotopic (exact) mass is 341 g/mol. The van der Waals surface area contributed by atoms with Gasteiger partial charge in [-0.25, -0.2) is 0 Å². The molecule has 0 radical (unpaired) electrons. The Hall–Kier alpha value is -2.57. The number of nitrogens with one attached hydrogen (secondary N) is 2. The van der Waals surface area contributed by atoms with Gasteiger partial charge in [0.15, 0.2) is 0 Å². The van der Waals surface area contributed by atoms with Gasteiger partial charge >= 0.3 is 0 Å². The molecule has 3 N–H and O–H groups in total. The van der Waals surface area contributed by atoms with Crippen LogP contribution in [0.25, 0.3) is 10.9 Å². The fraction of sp³-hybridized carbons (Fsp3) is 0.316. The van der Waals surface area contributed by atoms with Gasteiger partial charge in [-0.05, 0) is 38.1 Å². The van der Waals surface area contributed by atoms with Gasteiger partial charge in [0.25, 0.3) is 0 Å². The zero-order valence-corrected chi connectivity index (χ0v) is 14.4. The predicted octanol–water partition coefficient (Wildman–Crippen LogP) is 2.63. The molecular formula is C19H23N3O3. The number of benzene rings is 2. The highest BCUT2D eigenvalue weighted by Gasteiger charge is 2.10. The second-order valence-electron chi connectivity index (χ2n) is 6.03. The number of hydrogen-bond acceptors (Lipinski definition) is 5. The first-order valence-electron chi connectivity index (χ1n) is 8.31. The first-order valence-corrected chi connectivity index (χ1v) is 8.31. The molecule has 2 atom stereocenters. The summed E-state index contributed by atoms with van der Waals surface area (Å²) in [7, 11) is 0. The Morgan fingerprint density at radius 3 is 2.80 bits per heavy atom. The molecule has 2 unspecified atom stereocenters. The van der Waals surface area contributed by atoms with Crippen LogP contribution in [0.3, 0.4) is 0 Å². The average Bonchev–Trinajstić information content (AvgIpc) is 3.09. The quantitative estimate of drug-likeness (QED) is 0.549. The summed E-state index contributed by atoms with van der Waals surface area (Å²) in [5.41, 5.74) is 2.10. The number of rotatable bonds is 8. The number of aromatic amines is 1. The van der Waals surface area contributed by atoms with Gasteiger partial charge < -0.3 is 14.6 Å². The number of H-pyrrole nitrogens is 1. The third-order valence-corrected chi connectivity index (χ3v) is 3.85. The van der Waals surface area contributed by atoms with Crippen molar-refractivity contribution in [1.82, 2.24) is 15.5 Å². The highest BCUT2D eigenvalue weighted by molar-refractivity contribution is 5.84. The number of aliphatic hydroxyl groups is 1. The molecule has 3 aromatic rings. The van der Waals surface area contributed by atoms with Crippen molar-refractivity contribution in [1.29, 1.82) is 0 Å². The Morgan fingerprint density at radius 2 is 2.00 bits per heavy atom. The van der Waals surface area contributed by atoms with Crippen molar-refractivity contribution >= 4 is 10.9 Å². The van der Waals surface area contributed by atoms with E-state index in [0.717, 1.165) is 16.7 Å². The van der Waals surface area contributed by atoms with Crippen LogP contribution in [0.2, 0.25) is 0 Å². The first kappa shape index (κ1) is 17.3. The van der Waals surface area contributed by atoms with Crippen LogP contribution in [0.5, 0.6) is 11.5 Å². The fourth-order valence-corrected chi connectivity index (χ4v) is 2.48. The maximum atomic E-state index is 10.1. The third kappa shape index (κ3) is 4.71. The molecule has 2 aromatic carbocycles. The Morgan fingerprint density at radius 1 is 1.20 bits per heavy atom. The van der Waals surface area contributed by atoms with Crippen LogP contribution in [0, 0.1) is 6.92 Å². The predicted molar refractivity (Wildman–Crippen MR) is 96.9 cm³/mol. The molecule has 1 aromatic heterocycles. The summed E-state index contributed by atoms with van der Waals surface area (Å²) >= 11 is 0. The van der Waals surface area contributed by atoms with Crippen molar-refractivity contribution in [2.45, 2.75) is 26.2 Å². The van der Waals surface area contributed by atoms with Gasteiger partial charge in [-0.2, -0.15) is 5.10 Å². The Labute approximate surface area is 146 Å². The second kappa shape index (κ2) is 8.00. The highest BCUT2D eigenvalue weighted by atomic mass is 16.5. The van der Waals surface area contributed by atoms with E-state index in [-0.39, 0.29) is 12.8 Å². The second-order valence-corrected chi connectivity index (χ2v) is 6.03. The molecule has 3 rings (SSSR count). The van der Waals surface area contributed by atoms with Crippen molar-refractivity contribution in [2.24, 2.45) is 0 Å². The molecule has 0 saturated carbocycles. The number of aliphatic hydroxyl groups excluding tert-OH is 1. The van der Waals surface area contributed by atoms with Crippen molar-refractivity contribution in [3.05, 3.63) is 54.2 Å². The molecule has 0 aliphatic heterocycles. The lowest BCUT2D eigenvalue weighted by Gasteiger charge is -2.19. The lowest BCUT2D eigenvalue weighted by Crippen LogP contribution is -2.39. The van der Waals surface area contributed by atoms with Gasteiger partial charge in [-0.3, -0.25) is 10.4 Å². The molecular weight excluding hydrogens is 318 g/mol. The molecule has 1 heterocycles. The Kier molecular flexibility index (Phi) is 5.53. The van der Waals surface area contributed by atoms with Crippen molar-refractivity contribution < 1.29 is 14.6 Å². The van der Waals surface area contributed by atoms with Crippen LogP contribution in [0.4, 0.5) is 0 Å². The fourth-order valence-electron chi connectivity index (χ4n) is 2.48.